The number of carbonyl (C=O) groups is 2. The zero-order valence-corrected chi connectivity index (χ0v) is 12.8. The van der Waals surface area contributed by atoms with E-state index in [1.54, 1.807) is 36.4 Å². The first-order valence-corrected chi connectivity index (χ1v) is 7.19. The van der Waals surface area contributed by atoms with Crippen LogP contribution >= 0.6 is 0 Å². The molecule has 0 saturated heterocycles. The van der Waals surface area contributed by atoms with Crippen molar-refractivity contribution in [3.05, 3.63) is 65.7 Å². The van der Waals surface area contributed by atoms with Gasteiger partial charge < -0.3 is 4.74 Å². The first-order valence-electron chi connectivity index (χ1n) is 7.19. The Kier molecular flexibility index (Phi) is 5.44. The summed E-state index contributed by atoms with van der Waals surface area (Å²) in [6.07, 6.45) is 0. The van der Waals surface area contributed by atoms with E-state index in [1.165, 1.54) is 0 Å². The second-order valence-electron chi connectivity index (χ2n) is 5.02. The van der Waals surface area contributed by atoms with E-state index in [2.05, 4.69) is 0 Å². The van der Waals surface area contributed by atoms with Crippen molar-refractivity contribution in [3.8, 4) is 5.75 Å². The summed E-state index contributed by atoms with van der Waals surface area (Å²) in [6.45, 7) is 2.98. The van der Waals surface area contributed by atoms with Crippen LogP contribution in [0.25, 0.3) is 0 Å². The average Bonchev–Trinajstić information content (AvgIpc) is 2.55. The zero-order valence-electron chi connectivity index (χ0n) is 12.8. The Labute approximate surface area is 130 Å². The summed E-state index contributed by atoms with van der Waals surface area (Å²) in [6, 6.07) is 15.7. The van der Waals surface area contributed by atoms with Crippen molar-refractivity contribution in [2.24, 2.45) is 0 Å². The standard InChI is InChI=1S/C18H19NO3/c1-3-19(2)13-17(20)22-16-11-9-15(10-12-16)18(21)14-7-5-4-6-8-14/h4-12H,3,13H2,1-2H3. The number of nitrogens with zero attached hydrogens (tertiary/aromatic N) is 1. The van der Waals surface area contributed by atoms with Crippen LogP contribution in [0.3, 0.4) is 0 Å². The molecule has 0 aliphatic carbocycles. The first kappa shape index (κ1) is 15.9. The Bertz CT molecular complexity index is 635. The molecule has 0 aromatic heterocycles. The number of rotatable bonds is 6. The predicted molar refractivity (Wildman–Crippen MR) is 85.1 cm³/mol. The van der Waals surface area contributed by atoms with Crippen LogP contribution in [0.2, 0.25) is 0 Å². The molecule has 0 atom stereocenters. The molecule has 4 heteroatoms. The predicted octanol–water partition coefficient (Wildman–Crippen LogP) is 2.77. The highest BCUT2D eigenvalue weighted by molar-refractivity contribution is 6.09. The molecular formula is C18H19NO3. The molecule has 22 heavy (non-hydrogen) atoms. The quantitative estimate of drug-likeness (QED) is 0.467. The average molecular weight is 297 g/mol. The zero-order chi connectivity index (χ0) is 15.9. The van der Waals surface area contributed by atoms with Gasteiger partial charge >= 0.3 is 5.97 Å². The van der Waals surface area contributed by atoms with Gasteiger partial charge in [-0.1, -0.05) is 37.3 Å². The minimum Gasteiger partial charge on any atom is -0.426 e. The van der Waals surface area contributed by atoms with E-state index >= 15 is 0 Å². The van der Waals surface area contributed by atoms with Crippen molar-refractivity contribution >= 4 is 11.8 Å². The van der Waals surface area contributed by atoms with Gasteiger partial charge in [-0.3, -0.25) is 14.5 Å². The molecule has 0 fully saturated rings. The third kappa shape index (κ3) is 4.27. The fourth-order valence-corrected chi connectivity index (χ4v) is 1.93. The van der Waals surface area contributed by atoms with Crippen LogP contribution in [0.15, 0.2) is 54.6 Å². The molecule has 114 valence electrons. The third-order valence-corrected chi connectivity index (χ3v) is 3.32. The van der Waals surface area contributed by atoms with Crippen LogP contribution in [0.4, 0.5) is 0 Å². The second-order valence-corrected chi connectivity index (χ2v) is 5.02. The molecule has 0 radical (unpaired) electrons. The Balaban J connectivity index is 2.01. The molecule has 0 heterocycles. The van der Waals surface area contributed by atoms with E-state index in [-0.39, 0.29) is 18.3 Å². The summed E-state index contributed by atoms with van der Waals surface area (Å²) in [5.41, 5.74) is 1.20. The lowest BCUT2D eigenvalue weighted by Gasteiger charge is -2.12. The Morgan fingerprint density at radius 2 is 1.55 bits per heavy atom. The molecule has 4 nitrogen and oxygen atoms in total. The molecule has 2 aromatic rings. The van der Waals surface area contributed by atoms with E-state index in [0.29, 0.717) is 16.9 Å². The van der Waals surface area contributed by atoms with E-state index in [1.807, 2.05) is 37.1 Å². The summed E-state index contributed by atoms with van der Waals surface area (Å²) in [4.78, 5) is 25.8. The van der Waals surface area contributed by atoms with E-state index in [4.69, 9.17) is 4.74 Å². The maximum Gasteiger partial charge on any atom is 0.325 e. The van der Waals surface area contributed by atoms with Crippen LogP contribution in [0.1, 0.15) is 22.8 Å². The van der Waals surface area contributed by atoms with Gasteiger partial charge in [0.15, 0.2) is 5.78 Å². The first-order chi connectivity index (χ1) is 10.6. The number of hydrogen-bond donors (Lipinski definition) is 0. The van der Waals surface area contributed by atoms with Crippen LogP contribution in [0, 0.1) is 0 Å². The molecule has 2 rings (SSSR count). The Morgan fingerprint density at radius 1 is 0.955 bits per heavy atom. The lowest BCUT2D eigenvalue weighted by molar-refractivity contribution is -0.135. The minimum absolute atomic E-state index is 0.0517. The molecule has 0 unspecified atom stereocenters. The smallest absolute Gasteiger partial charge is 0.325 e. The van der Waals surface area contributed by atoms with Crippen molar-refractivity contribution in [1.29, 1.82) is 0 Å². The van der Waals surface area contributed by atoms with Crippen LogP contribution in [-0.4, -0.2) is 36.8 Å². The highest BCUT2D eigenvalue weighted by Crippen LogP contribution is 2.15. The molecule has 0 N–H and O–H groups in total. The maximum absolute atomic E-state index is 12.2. The Hall–Kier alpha value is -2.46. The van der Waals surface area contributed by atoms with Crippen LogP contribution in [0.5, 0.6) is 5.75 Å². The summed E-state index contributed by atoms with van der Waals surface area (Å²) in [5.74, 6) is 0.0785. The minimum atomic E-state index is -0.313. The second kappa shape index (κ2) is 7.52. The highest BCUT2D eigenvalue weighted by atomic mass is 16.5. The van der Waals surface area contributed by atoms with Gasteiger partial charge in [0.2, 0.25) is 0 Å². The molecule has 0 amide bonds. The van der Waals surface area contributed by atoms with Crippen molar-refractivity contribution < 1.29 is 14.3 Å². The summed E-state index contributed by atoms with van der Waals surface area (Å²) >= 11 is 0. The van der Waals surface area contributed by atoms with E-state index in [0.717, 1.165) is 6.54 Å². The molecule has 0 spiro atoms. The number of carbonyl (C=O) groups excluding carboxylic acids is 2. The fourth-order valence-electron chi connectivity index (χ4n) is 1.93. The number of esters is 1. The molecule has 0 saturated carbocycles. The summed E-state index contributed by atoms with van der Waals surface area (Å²) in [5, 5.41) is 0. The Morgan fingerprint density at radius 3 is 2.14 bits per heavy atom. The largest absolute Gasteiger partial charge is 0.426 e. The normalized spacial score (nSPS) is 10.5. The number of ketones is 1. The van der Waals surface area contributed by atoms with Gasteiger partial charge in [-0.2, -0.15) is 0 Å². The van der Waals surface area contributed by atoms with E-state index < -0.39 is 0 Å². The van der Waals surface area contributed by atoms with E-state index in [9.17, 15) is 9.59 Å². The molecular weight excluding hydrogens is 278 g/mol. The SMILES string of the molecule is CCN(C)CC(=O)Oc1ccc(C(=O)c2ccccc2)cc1. The number of ether oxygens (including phenoxy) is 1. The number of likely N-dealkylation sites (N-methyl/N-ethyl adjacent to an activating group) is 1. The lowest BCUT2D eigenvalue weighted by atomic mass is 10.0. The highest BCUT2D eigenvalue weighted by Gasteiger charge is 2.10. The number of hydrogen-bond acceptors (Lipinski definition) is 4. The third-order valence-electron chi connectivity index (χ3n) is 3.32. The van der Waals surface area contributed by atoms with Crippen molar-refractivity contribution in [3.63, 3.8) is 0 Å². The van der Waals surface area contributed by atoms with Gasteiger partial charge in [0.1, 0.15) is 5.75 Å². The molecule has 0 aliphatic heterocycles. The molecule has 0 aliphatic rings. The van der Waals surface area contributed by atoms with Crippen LogP contribution in [-0.2, 0) is 4.79 Å². The van der Waals surface area contributed by atoms with Crippen LogP contribution < -0.4 is 4.74 Å². The van der Waals surface area contributed by atoms with Crippen molar-refractivity contribution in [2.75, 3.05) is 20.1 Å². The molecule has 0 bridgehead atoms. The molecule has 2 aromatic carbocycles. The van der Waals surface area contributed by atoms with Gasteiger partial charge in [-0.05, 0) is 37.9 Å². The summed E-state index contributed by atoms with van der Waals surface area (Å²) < 4.78 is 5.24. The van der Waals surface area contributed by atoms with Gasteiger partial charge in [0, 0.05) is 11.1 Å². The van der Waals surface area contributed by atoms with Crippen molar-refractivity contribution in [2.45, 2.75) is 6.92 Å². The van der Waals surface area contributed by atoms with Gasteiger partial charge in [-0.15, -0.1) is 0 Å². The topological polar surface area (TPSA) is 46.6 Å². The summed E-state index contributed by atoms with van der Waals surface area (Å²) in [7, 11) is 1.85. The lowest BCUT2D eigenvalue weighted by Crippen LogP contribution is -2.28. The van der Waals surface area contributed by atoms with Gasteiger partial charge in [-0.25, -0.2) is 0 Å². The number of benzene rings is 2. The van der Waals surface area contributed by atoms with Crippen molar-refractivity contribution in [1.82, 2.24) is 4.90 Å². The monoisotopic (exact) mass is 297 g/mol. The van der Waals surface area contributed by atoms with Gasteiger partial charge in [0.25, 0.3) is 0 Å². The van der Waals surface area contributed by atoms with Gasteiger partial charge in [0.05, 0.1) is 6.54 Å². The maximum atomic E-state index is 12.2. The fraction of sp³-hybridized carbons (Fsp3) is 0.222.